The van der Waals surface area contributed by atoms with E-state index < -0.39 is 35.5 Å². The highest BCUT2D eigenvalue weighted by Gasteiger charge is 2.44. The van der Waals surface area contributed by atoms with Crippen LogP contribution in [-0.4, -0.2) is 54.8 Å². The van der Waals surface area contributed by atoms with Gasteiger partial charge in [0.15, 0.2) is 11.6 Å². The van der Waals surface area contributed by atoms with Crippen molar-refractivity contribution in [2.24, 2.45) is 0 Å². The maximum absolute atomic E-state index is 13.7. The molecule has 1 N–H and O–H groups in total. The van der Waals surface area contributed by atoms with Crippen LogP contribution >= 0.6 is 11.6 Å². The fraction of sp³-hybridized carbons (Fsp3) is 0.462. The van der Waals surface area contributed by atoms with Gasteiger partial charge in [-0.3, -0.25) is 10.2 Å². The van der Waals surface area contributed by atoms with E-state index in [0.29, 0.717) is 30.0 Å². The first-order valence-electron chi connectivity index (χ1n) is 12.3. The Kier molecular flexibility index (Phi) is 7.03. The van der Waals surface area contributed by atoms with Crippen LogP contribution < -0.4 is 5.32 Å². The van der Waals surface area contributed by atoms with E-state index in [1.54, 1.807) is 11.0 Å². The molecule has 0 radical (unpaired) electrons. The predicted molar refractivity (Wildman–Crippen MR) is 130 cm³/mol. The summed E-state index contributed by atoms with van der Waals surface area (Å²) in [6.07, 6.45) is 3.18. The van der Waals surface area contributed by atoms with Crippen LogP contribution in [0.3, 0.4) is 0 Å². The summed E-state index contributed by atoms with van der Waals surface area (Å²) in [5, 5.41) is 3.37. The van der Waals surface area contributed by atoms with Gasteiger partial charge < -0.3 is 14.4 Å². The van der Waals surface area contributed by atoms with Crippen molar-refractivity contribution in [3.8, 4) is 0 Å². The fourth-order valence-corrected chi connectivity index (χ4v) is 5.54. The maximum atomic E-state index is 13.7. The lowest BCUT2D eigenvalue weighted by Gasteiger charge is -2.44. The molecule has 10 heteroatoms. The molecule has 1 atom stereocenters. The Hall–Kier alpha value is -2.91. The summed E-state index contributed by atoms with van der Waals surface area (Å²) in [5.41, 5.74) is 1.57. The summed E-state index contributed by atoms with van der Waals surface area (Å²) < 4.78 is 37.9. The normalized spacial score (nSPS) is 21.2. The minimum Gasteiger partial charge on any atom is -0.447 e. The second-order valence-electron chi connectivity index (χ2n) is 9.56. The highest BCUT2D eigenvalue weighted by Crippen LogP contribution is 2.44. The number of nitrogens with zero attached hydrogens (tertiary/aromatic N) is 2. The van der Waals surface area contributed by atoms with Crippen LogP contribution in [0.25, 0.3) is 0 Å². The molecule has 3 heterocycles. The van der Waals surface area contributed by atoms with Crippen molar-refractivity contribution in [1.82, 2.24) is 9.80 Å². The maximum Gasteiger partial charge on any atom is 0.412 e. The first kappa shape index (κ1) is 24.8. The Morgan fingerprint density at radius 2 is 1.78 bits per heavy atom. The number of carbonyl (C=O) groups is 2. The van der Waals surface area contributed by atoms with E-state index in [1.165, 1.54) is 6.07 Å². The molecule has 3 aliphatic heterocycles. The number of unbranched alkanes of at least 4 members (excludes halogenated alkanes) is 2. The smallest absolute Gasteiger partial charge is 0.412 e. The number of ether oxygens (including phenoxy) is 2. The standard InChI is InChI=1S/C26H28ClF2N3O4/c27-18-5-7-22-19(15-18)26(36-24(33)30-22)8-12-31(13-9-26)10-2-1-3-11-32-23(16-35-25(32)34)17-4-6-20(28)21(29)14-17/h4-7,14-15,23H,1-3,8-13,16H2,(H,30,33)/t23-/m0/s1. The van der Waals surface area contributed by atoms with Crippen molar-refractivity contribution in [2.45, 2.75) is 43.7 Å². The van der Waals surface area contributed by atoms with Gasteiger partial charge in [0.25, 0.3) is 0 Å². The third-order valence-corrected chi connectivity index (χ3v) is 7.57. The zero-order chi connectivity index (χ0) is 25.3. The minimum absolute atomic E-state index is 0.133. The summed E-state index contributed by atoms with van der Waals surface area (Å²) in [5.74, 6) is -1.84. The largest absolute Gasteiger partial charge is 0.447 e. The van der Waals surface area contributed by atoms with Gasteiger partial charge in [0.05, 0.1) is 11.7 Å². The number of nitrogens with one attached hydrogen (secondary N) is 1. The molecule has 3 aliphatic rings. The van der Waals surface area contributed by atoms with Crippen molar-refractivity contribution in [3.63, 3.8) is 0 Å². The van der Waals surface area contributed by atoms with Crippen LogP contribution in [0.2, 0.25) is 5.02 Å². The van der Waals surface area contributed by atoms with E-state index in [1.807, 2.05) is 12.1 Å². The quantitative estimate of drug-likeness (QED) is 0.466. The topological polar surface area (TPSA) is 71.1 Å². The molecular weight excluding hydrogens is 492 g/mol. The third kappa shape index (κ3) is 4.99. The molecule has 5 rings (SSSR count). The number of hydrogen-bond acceptors (Lipinski definition) is 5. The Bertz CT molecular complexity index is 1160. The summed E-state index contributed by atoms with van der Waals surface area (Å²) >= 11 is 6.21. The molecular formula is C26H28ClF2N3O4. The van der Waals surface area contributed by atoms with Crippen molar-refractivity contribution in [1.29, 1.82) is 0 Å². The van der Waals surface area contributed by atoms with E-state index in [-0.39, 0.29) is 6.61 Å². The number of cyclic esters (lactones) is 1. The van der Waals surface area contributed by atoms with E-state index in [2.05, 4.69) is 10.2 Å². The third-order valence-electron chi connectivity index (χ3n) is 7.34. The Balaban J connectivity index is 1.09. The number of benzene rings is 2. The number of amides is 2. The highest BCUT2D eigenvalue weighted by molar-refractivity contribution is 6.30. The molecule has 2 saturated heterocycles. The highest BCUT2D eigenvalue weighted by atomic mass is 35.5. The van der Waals surface area contributed by atoms with Crippen LogP contribution in [-0.2, 0) is 15.1 Å². The molecule has 2 amide bonds. The van der Waals surface area contributed by atoms with Crippen LogP contribution in [0.5, 0.6) is 0 Å². The Labute approximate surface area is 213 Å². The van der Waals surface area contributed by atoms with Gasteiger partial charge in [-0.15, -0.1) is 0 Å². The monoisotopic (exact) mass is 519 g/mol. The summed E-state index contributed by atoms with van der Waals surface area (Å²) in [6, 6.07) is 8.75. The molecule has 2 aromatic rings. The number of piperidine rings is 1. The van der Waals surface area contributed by atoms with Crippen molar-refractivity contribution >= 4 is 29.5 Å². The summed E-state index contributed by atoms with van der Waals surface area (Å²) in [6.45, 7) is 3.13. The van der Waals surface area contributed by atoms with Gasteiger partial charge in [0.1, 0.15) is 12.2 Å². The molecule has 0 aromatic heterocycles. The lowest BCUT2D eigenvalue weighted by Crippen LogP contribution is -2.48. The van der Waals surface area contributed by atoms with E-state index >= 15 is 0 Å². The van der Waals surface area contributed by atoms with Crippen LogP contribution in [0.1, 0.15) is 49.3 Å². The van der Waals surface area contributed by atoms with Crippen LogP contribution in [0.15, 0.2) is 36.4 Å². The first-order chi connectivity index (χ1) is 17.3. The number of carbonyl (C=O) groups excluding carboxylic acids is 2. The SMILES string of the molecule is O=C1Nc2ccc(Cl)cc2C2(CCN(CCCCCN3C(=O)OC[C@H]3c3ccc(F)c(F)c3)CC2)O1. The van der Waals surface area contributed by atoms with E-state index in [0.717, 1.165) is 62.3 Å². The molecule has 0 unspecified atom stereocenters. The summed E-state index contributed by atoms with van der Waals surface area (Å²) in [4.78, 5) is 28.3. The number of hydrogen-bond donors (Lipinski definition) is 1. The van der Waals surface area contributed by atoms with Gasteiger partial charge >= 0.3 is 12.2 Å². The molecule has 0 saturated carbocycles. The lowest BCUT2D eigenvalue weighted by molar-refractivity contribution is -0.0380. The number of rotatable bonds is 7. The average molecular weight is 520 g/mol. The zero-order valence-corrected chi connectivity index (χ0v) is 20.5. The molecule has 192 valence electrons. The molecule has 2 aromatic carbocycles. The number of halogens is 3. The Morgan fingerprint density at radius 3 is 2.56 bits per heavy atom. The number of fused-ring (bicyclic) bond motifs is 2. The fourth-order valence-electron chi connectivity index (χ4n) is 5.37. The van der Waals surface area contributed by atoms with E-state index in [9.17, 15) is 18.4 Å². The summed E-state index contributed by atoms with van der Waals surface area (Å²) in [7, 11) is 0. The van der Waals surface area contributed by atoms with Crippen LogP contribution in [0.4, 0.5) is 24.1 Å². The number of anilines is 1. The molecule has 36 heavy (non-hydrogen) atoms. The van der Waals surface area contributed by atoms with Gasteiger partial charge in [-0.1, -0.05) is 24.1 Å². The van der Waals surface area contributed by atoms with Gasteiger partial charge in [-0.2, -0.15) is 0 Å². The second kappa shape index (κ2) is 10.2. The molecule has 0 bridgehead atoms. The van der Waals surface area contributed by atoms with Crippen LogP contribution in [0, 0.1) is 11.6 Å². The second-order valence-corrected chi connectivity index (χ2v) is 10.00. The number of likely N-dealkylation sites (tertiary alicyclic amines) is 1. The van der Waals surface area contributed by atoms with Gasteiger partial charge in [0, 0.05) is 43.1 Å². The minimum atomic E-state index is -0.930. The zero-order valence-electron chi connectivity index (χ0n) is 19.8. The molecule has 0 aliphatic carbocycles. The van der Waals surface area contributed by atoms with Gasteiger partial charge in [-0.05, 0) is 55.3 Å². The molecule has 7 nitrogen and oxygen atoms in total. The molecule has 1 spiro atoms. The Morgan fingerprint density at radius 1 is 1.00 bits per heavy atom. The van der Waals surface area contributed by atoms with E-state index in [4.69, 9.17) is 21.1 Å². The van der Waals surface area contributed by atoms with Crippen molar-refractivity contribution in [2.75, 3.05) is 38.1 Å². The average Bonchev–Trinajstić information content (AvgIpc) is 3.22. The lowest BCUT2D eigenvalue weighted by atomic mass is 9.82. The molecule has 2 fully saturated rings. The van der Waals surface area contributed by atoms with Gasteiger partial charge in [-0.25, -0.2) is 18.4 Å². The predicted octanol–water partition coefficient (Wildman–Crippen LogP) is 5.84. The first-order valence-corrected chi connectivity index (χ1v) is 12.6. The van der Waals surface area contributed by atoms with Gasteiger partial charge in [0.2, 0.25) is 0 Å². The van der Waals surface area contributed by atoms with Crippen molar-refractivity contribution < 1.29 is 27.8 Å². The van der Waals surface area contributed by atoms with Crippen molar-refractivity contribution in [3.05, 3.63) is 64.2 Å².